The number of anilines is 1. The third-order valence-corrected chi connectivity index (χ3v) is 6.45. The first kappa shape index (κ1) is 24.0. The molecule has 4 aromatic rings. The van der Waals surface area contributed by atoms with Crippen molar-refractivity contribution in [1.82, 2.24) is 9.78 Å². The minimum absolute atomic E-state index is 0.252. The van der Waals surface area contributed by atoms with Crippen LogP contribution < -0.4 is 10.1 Å². The van der Waals surface area contributed by atoms with Crippen molar-refractivity contribution in [3.63, 3.8) is 0 Å². The molecule has 1 aromatic heterocycles. The van der Waals surface area contributed by atoms with Gasteiger partial charge in [0.1, 0.15) is 18.2 Å². The molecule has 0 fully saturated rings. The Bertz CT molecular complexity index is 1320. The molecule has 0 spiro atoms. The third-order valence-electron chi connectivity index (χ3n) is 5.27. The van der Waals surface area contributed by atoms with Crippen molar-refractivity contribution in [3.05, 3.63) is 110 Å². The number of halogens is 3. The van der Waals surface area contributed by atoms with Crippen LogP contribution in [0.2, 0.25) is 5.02 Å². The van der Waals surface area contributed by atoms with E-state index in [1.165, 1.54) is 6.07 Å². The molecule has 1 N–H and O–H groups in total. The fourth-order valence-electron chi connectivity index (χ4n) is 3.45. The van der Waals surface area contributed by atoms with Gasteiger partial charge in [-0.1, -0.05) is 41.9 Å². The summed E-state index contributed by atoms with van der Waals surface area (Å²) >= 11 is 9.61. The van der Waals surface area contributed by atoms with Gasteiger partial charge in [0, 0.05) is 22.3 Å². The molecule has 0 unspecified atom stereocenters. The molecule has 0 atom stereocenters. The predicted molar refractivity (Wildman–Crippen MR) is 135 cm³/mol. The van der Waals surface area contributed by atoms with E-state index in [0.29, 0.717) is 28.0 Å². The lowest BCUT2D eigenvalue weighted by molar-refractivity contribution is 0.102. The number of nitrogens with one attached hydrogen (secondary N) is 1. The Morgan fingerprint density at radius 3 is 2.47 bits per heavy atom. The number of amides is 1. The molecule has 0 saturated carbocycles. The van der Waals surface area contributed by atoms with Gasteiger partial charge < -0.3 is 10.1 Å². The quantitative estimate of drug-likeness (QED) is 0.275. The number of benzene rings is 3. The Balaban J connectivity index is 1.37. The number of nitrogens with zero attached hydrogens (tertiary/aromatic N) is 2. The van der Waals surface area contributed by atoms with Crippen molar-refractivity contribution in [1.29, 1.82) is 0 Å². The molecule has 1 heterocycles. The van der Waals surface area contributed by atoms with Crippen LogP contribution in [0.1, 0.15) is 32.6 Å². The average Bonchev–Trinajstić information content (AvgIpc) is 3.16. The summed E-state index contributed by atoms with van der Waals surface area (Å²) in [5.74, 6) is 0.512. The minimum Gasteiger partial charge on any atom is -0.489 e. The number of ether oxygens (including phenoxy) is 1. The number of aryl methyl sites for hydroxylation is 2. The van der Waals surface area contributed by atoms with Crippen LogP contribution in [0.4, 0.5) is 10.2 Å². The highest BCUT2D eigenvalue weighted by Gasteiger charge is 2.13. The van der Waals surface area contributed by atoms with Gasteiger partial charge in [-0.15, -0.1) is 0 Å². The fraction of sp³-hybridized carbons (Fsp3) is 0.154. The molecule has 0 saturated heterocycles. The Labute approximate surface area is 210 Å². The highest BCUT2D eigenvalue weighted by atomic mass is 79.9. The third kappa shape index (κ3) is 5.66. The zero-order valence-corrected chi connectivity index (χ0v) is 21.0. The zero-order valence-electron chi connectivity index (χ0n) is 18.6. The molecule has 0 aliphatic rings. The summed E-state index contributed by atoms with van der Waals surface area (Å²) in [6.07, 6.45) is 1.70. The molecule has 5 nitrogen and oxygen atoms in total. The van der Waals surface area contributed by atoms with Crippen molar-refractivity contribution in [2.45, 2.75) is 27.0 Å². The molecular formula is C26H22BrClFN3O2. The van der Waals surface area contributed by atoms with E-state index in [0.717, 1.165) is 27.5 Å². The van der Waals surface area contributed by atoms with E-state index in [9.17, 15) is 9.18 Å². The summed E-state index contributed by atoms with van der Waals surface area (Å²) in [5.41, 5.74) is 3.85. The van der Waals surface area contributed by atoms with Crippen LogP contribution in [-0.2, 0) is 13.2 Å². The molecule has 8 heteroatoms. The second-order valence-corrected chi connectivity index (χ2v) is 9.16. The highest BCUT2D eigenvalue weighted by Crippen LogP contribution is 2.26. The van der Waals surface area contributed by atoms with Crippen LogP contribution in [-0.4, -0.2) is 15.7 Å². The standard InChI is InChI=1S/C26H22BrClFN3O2/c1-16-11-21(12-17(2)24(16)28)34-15-18-7-9-19(10-8-18)26(33)30-25-22(27)14-32(31-25)13-20-5-3-4-6-23(20)29/h3-12,14H,13,15H2,1-2H3,(H,30,31,33). The van der Waals surface area contributed by atoms with E-state index < -0.39 is 0 Å². The van der Waals surface area contributed by atoms with Crippen molar-refractivity contribution >= 4 is 39.3 Å². The molecule has 34 heavy (non-hydrogen) atoms. The number of hydrogen-bond donors (Lipinski definition) is 1. The van der Waals surface area contributed by atoms with Crippen molar-refractivity contribution in [2.24, 2.45) is 0 Å². The lowest BCUT2D eigenvalue weighted by Gasteiger charge is -2.10. The van der Waals surface area contributed by atoms with Crippen LogP contribution in [0, 0.1) is 19.7 Å². The second kappa shape index (κ2) is 10.4. The SMILES string of the molecule is Cc1cc(OCc2ccc(C(=O)Nc3nn(Cc4ccccc4F)cc3Br)cc2)cc(C)c1Cl. The normalized spacial score (nSPS) is 10.9. The van der Waals surface area contributed by atoms with Gasteiger partial charge in [0.2, 0.25) is 0 Å². The number of carbonyl (C=O) groups is 1. The minimum atomic E-state index is -0.301. The van der Waals surface area contributed by atoms with Gasteiger partial charge in [-0.3, -0.25) is 9.48 Å². The van der Waals surface area contributed by atoms with E-state index in [1.54, 1.807) is 41.2 Å². The first-order chi connectivity index (χ1) is 16.3. The summed E-state index contributed by atoms with van der Waals surface area (Å²) in [6.45, 7) is 4.50. The zero-order chi connectivity index (χ0) is 24.2. The van der Waals surface area contributed by atoms with Crippen LogP contribution >= 0.6 is 27.5 Å². The van der Waals surface area contributed by atoms with Gasteiger partial charge in [0.15, 0.2) is 5.82 Å². The van der Waals surface area contributed by atoms with Crippen LogP contribution in [0.25, 0.3) is 0 Å². The number of hydrogen-bond acceptors (Lipinski definition) is 3. The van der Waals surface area contributed by atoms with E-state index in [2.05, 4.69) is 26.3 Å². The molecule has 0 radical (unpaired) electrons. The van der Waals surface area contributed by atoms with Gasteiger partial charge >= 0.3 is 0 Å². The Hall–Kier alpha value is -3.16. The van der Waals surface area contributed by atoms with Crippen LogP contribution in [0.15, 0.2) is 71.3 Å². The maximum atomic E-state index is 13.9. The van der Waals surface area contributed by atoms with E-state index in [4.69, 9.17) is 16.3 Å². The monoisotopic (exact) mass is 541 g/mol. The van der Waals surface area contributed by atoms with E-state index >= 15 is 0 Å². The smallest absolute Gasteiger partial charge is 0.256 e. The summed E-state index contributed by atoms with van der Waals surface area (Å²) < 4.78 is 22.0. The molecule has 4 rings (SSSR count). The number of carbonyl (C=O) groups excluding carboxylic acids is 1. The maximum Gasteiger partial charge on any atom is 0.256 e. The summed E-state index contributed by atoms with van der Waals surface area (Å²) in [4.78, 5) is 12.7. The van der Waals surface area contributed by atoms with Crippen molar-refractivity contribution in [3.8, 4) is 5.75 Å². The first-order valence-corrected chi connectivity index (χ1v) is 11.7. The summed E-state index contributed by atoms with van der Waals surface area (Å²) in [5, 5.41) is 7.88. The molecule has 3 aromatic carbocycles. The van der Waals surface area contributed by atoms with Crippen molar-refractivity contribution in [2.75, 3.05) is 5.32 Å². The van der Waals surface area contributed by atoms with E-state index in [1.807, 2.05) is 38.1 Å². The lowest BCUT2D eigenvalue weighted by atomic mass is 10.1. The fourth-order valence-corrected chi connectivity index (χ4v) is 3.98. The van der Waals surface area contributed by atoms with Gasteiger partial charge in [0.25, 0.3) is 5.91 Å². The predicted octanol–water partition coefficient (Wildman–Crippen LogP) is 6.93. The summed E-state index contributed by atoms with van der Waals surface area (Å²) in [6, 6.07) is 17.5. The average molecular weight is 543 g/mol. The van der Waals surface area contributed by atoms with Crippen LogP contribution in [0.5, 0.6) is 5.75 Å². The van der Waals surface area contributed by atoms with Crippen molar-refractivity contribution < 1.29 is 13.9 Å². The van der Waals surface area contributed by atoms with E-state index in [-0.39, 0.29) is 18.3 Å². The van der Waals surface area contributed by atoms with Gasteiger partial charge in [-0.2, -0.15) is 5.10 Å². The molecule has 1 amide bonds. The summed E-state index contributed by atoms with van der Waals surface area (Å²) in [7, 11) is 0. The molecule has 0 aliphatic carbocycles. The highest BCUT2D eigenvalue weighted by molar-refractivity contribution is 9.10. The number of rotatable bonds is 7. The van der Waals surface area contributed by atoms with Gasteiger partial charge in [-0.25, -0.2) is 4.39 Å². The molecule has 0 bridgehead atoms. The molecule has 174 valence electrons. The second-order valence-electron chi connectivity index (χ2n) is 7.93. The lowest BCUT2D eigenvalue weighted by Crippen LogP contribution is -2.13. The molecular weight excluding hydrogens is 521 g/mol. The Kier molecular flexibility index (Phi) is 7.34. The Morgan fingerprint density at radius 2 is 1.79 bits per heavy atom. The van der Waals surface area contributed by atoms with Gasteiger partial charge in [-0.05, 0) is 76.8 Å². The van der Waals surface area contributed by atoms with Gasteiger partial charge in [0.05, 0.1) is 11.0 Å². The first-order valence-electron chi connectivity index (χ1n) is 10.6. The largest absolute Gasteiger partial charge is 0.489 e. The Morgan fingerprint density at radius 1 is 1.12 bits per heavy atom. The maximum absolute atomic E-state index is 13.9. The molecule has 0 aliphatic heterocycles. The topological polar surface area (TPSA) is 56.1 Å². The number of aromatic nitrogens is 2. The van der Waals surface area contributed by atoms with Crippen LogP contribution in [0.3, 0.4) is 0 Å².